The molecule has 0 radical (unpaired) electrons. The van der Waals surface area contributed by atoms with E-state index in [-0.39, 0.29) is 5.41 Å². The van der Waals surface area contributed by atoms with Crippen molar-refractivity contribution in [1.29, 1.82) is 5.41 Å². The van der Waals surface area contributed by atoms with Gasteiger partial charge in [-0.25, -0.2) is 0 Å². The maximum atomic E-state index is 9.22. The normalized spacial score (nSPS) is 14.8. The standard InChI is InChI=1S/C48H40N4/c1-5-38(31-36-24-23-35-27-30-43(47(49)45(35)32(36)2)51-50-37-17-10-7-11-18-37)52(39-28-25-34(26-29-39)33-15-8-6-9-16-33)44-22-14-21-42-46(44)40-19-12-13-20-41(40)48(42,3)4/h5-31,49-50H,1H2,2-4H3/b38-31+,49-47?,51-43-. The summed E-state index contributed by atoms with van der Waals surface area (Å²) in [6.07, 6.45) is 8.09. The number of hydrogen-bond acceptors (Lipinski definition) is 4. The predicted molar refractivity (Wildman–Crippen MR) is 221 cm³/mol. The van der Waals surface area contributed by atoms with E-state index in [2.05, 4.69) is 152 Å². The van der Waals surface area contributed by atoms with Gasteiger partial charge in [-0.05, 0) is 100.0 Å². The molecule has 0 aliphatic heterocycles. The second kappa shape index (κ2) is 13.3. The number of nitrogens with one attached hydrogen (secondary N) is 2. The van der Waals surface area contributed by atoms with Crippen LogP contribution in [0.25, 0.3) is 34.4 Å². The monoisotopic (exact) mass is 672 g/mol. The lowest BCUT2D eigenvalue weighted by molar-refractivity contribution is 0.660. The fourth-order valence-electron chi connectivity index (χ4n) is 7.64. The highest BCUT2D eigenvalue weighted by atomic mass is 15.3. The summed E-state index contributed by atoms with van der Waals surface area (Å²) in [5.74, 6) is 0. The summed E-state index contributed by atoms with van der Waals surface area (Å²) >= 11 is 0. The smallest absolute Gasteiger partial charge is 0.109 e. The van der Waals surface area contributed by atoms with Crippen LogP contribution in [-0.4, -0.2) is 11.4 Å². The zero-order chi connectivity index (χ0) is 35.8. The average Bonchev–Trinajstić information content (AvgIpc) is 3.42. The van der Waals surface area contributed by atoms with Gasteiger partial charge in [-0.1, -0.05) is 136 Å². The van der Waals surface area contributed by atoms with Gasteiger partial charge in [-0.3, -0.25) is 10.8 Å². The number of para-hydroxylation sites is 1. The molecule has 6 aromatic rings. The van der Waals surface area contributed by atoms with Crippen molar-refractivity contribution >= 4 is 40.6 Å². The highest BCUT2D eigenvalue weighted by Crippen LogP contribution is 2.53. The van der Waals surface area contributed by atoms with Gasteiger partial charge in [-0.15, -0.1) is 0 Å². The molecule has 0 amide bonds. The molecule has 4 heteroatoms. The molecule has 0 saturated carbocycles. The van der Waals surface area contributed by atoms with Gasteiger partial charge >= 0.3 is 0 Å². The van der Waals surface area contributed by atoms with E-state index < -0.39 is 0 Å². The third kappa shape index (κ3) is 5.69. The van der Waals surface area contributed by atoms with Crippen molar-refractivity contribution in [2.75, 3.05) is 10.3 Å². The van der Waals surface area contributed by atoms with E-state index in [0.29, 0.717) is 11.4 Å². The molecule has 0 saturated heterocycles. The van der Waals surface area contributed by atoms with Gasteiger partial charge in [0.1, 0.15) is 5.71 Å². The van der Waals surface area contributed by atoms with E-state index in [4.69, 9.17) is 0 Å². The van der Waals surface area contributed by atoms with Gasteiger partial charge in [0.2, 0.25) is 0 Å². The molecule has 4 nitrogen and oxygen atoms in total. The molecule has 0 unspecified atom stereocenters. The summed E-state index contributed by atoms with van der Waals surface area (Å²) in [5.41, 5.74) is 19.3. The Labute approximate surface area is 306 Å². The Morgan fingerprint density at radius 2 is 1.38 bits per heavy atom. The Hall–Kier alpha value is -6.52. The highest BCUT2D eigenvalue weighted by molar-refractivity contribution is 6.53. The van der Waals surface area contributed by atoms with Gasteiger partial charge in [0.15, 0.2) is 0 Å². The first-order chi connectivity index (χ1) is 25.3. The third-order valence-electron chi connectivity index (χ3n) is 10.4. The molecule has 0 atom stereocenters. The lowest BCUT2D eigenvalue weighted by Gasteiger charge is -2.30. The van der Waals surface area contributed by atoms with Crippen molar-refractivity contribution < 1.29 is 0 Å². The molecule has 6 aromatic carbocycles. The molecule has 0 heterocycles. The lowest BCUT2D eigenvalue weighted by Crippen LogP contribution is -2.20. The first-order valence-corrected chi connectivity index (χ1v) is 17.7. The molecular weight excluding hydrogens is 633 g/mol. The Bertz CT molecular complexity index is 2430. The van der Waals surface area contributed by atoms with Crippen molar-refractivity contribution in [2.45, 2.75) is 26.2 Å². The molecule has 2 aliphatic carbocycles. The molecule has 0 aromatic heterocycles. The zero-order valence-corrected chi connectivity index (χ0v) is 29.7. The van der Waals surface area contributed by atoms with E-state index in [1.54, 1.807) is 0 Å². The summed E-state index contributed by atoms with van der Waals surface area (Å²) < 4.78 is 0. The molecule has 52 heavy (non-hydrogen) atoms. The van der Waals surface area contributed by atoms with Crippen LogP contribution in [0.4, 0.5) is 17.1 Å². The van der Waals surface area contributed by atoms with Crippen LogP contribution >= 0.6 is 0 Å². The Balaban J connectivity index is 1.26. The number of hydrogen-bond donors (Lipinski definition) is 2. The van der Waals surface area contributed by atoms with E-state index in [0.717, 1.165) is 50.6 Å². The molecule has 252 valence electrons. The zero-order valence-electron chi connectivity index (χ0n) is 29.7. The summed E-state index contributed by atoms with van der Waals surface area (Å²) in [6, 6.07) is 48.8. The third-order valence-corrected chi connectivity index (χ3v) is 10.4. The Morgan fingerprint density at radius 3 is 2.13 bits per heavy atom. The molecule has 0 fully saturated rings. The van der Waals surface area contributed by atoms with Crippen LogP contribution in [0.1, 0.15) is 47.2 Å². The molecular formula is C48H40N4. The number of fused-ring (bicyclic) bond motifs is 4. The lowest BCUT2D eigenvalue weighted by atomic mass is 9.82. The van der Waals surface area contributed by atoms with Crippen LogP contribution in [0, 0.1) is 12.3 Å². The van der Waals surface area contributed by atoms with Crippen molar-refractivity contribution in [3.63, 3.8) is 0 Å². The average molecular weight is 673 g/mol. The van der Waals surface area contributed by atoms with Crippen LogP contribution < -0.4 is 10.3 Å². The number of rotatable bonds is 8. The van der Waals surface area contributed by atoms with E-state index in [9.17, 15) is 5.41 Å². The number of hydrazone groups is 1. The number of allylic oxidation sites excluding steroid dienone is 2. The summed E-state index contributed by atoms with van der Waals surface area (Å²) in [7, 11) is 0. The number of benzene rings is 6. The summed E-state index contributed by atoms with van der Waals surface area (Å²) in [6.45, 7) is 11.1. The van der Waals surface area contributed by atoms with Crippen LogP contribution in [0.15, 0.2) is 169 Å². The minimum atomic E-state index is -0.138. The Morgan fingerprint density at radius 1 is 0.712 bits per heavy atom. The largest absolute Gasteiger partial charge is 0.310 e. The van der Waals surface area contributed by atoms with Gasteiger partial charge in [0, 0.05) is 27.9 Å². The quantitative estimate of drug-likeness (QED) is 0.125. The van der Waals surface area contributed by atoms with Crippen LogP contribution in [0.3, 0.4) is 0 Å². The molecule has 0 bridgehead atoms. The maximum absolute atomic E-state index is 9.22. The highest BCUT2D eigenvalue weighted by Gasteiger charge is 2.37. The van der Waals surface area contributed by atoms with Crippen molar-refractivity contribution in [1.82, 2.24) is 0 Å². The van der Waals surface area contributed by atoms with Gasteiger partial charge < -0.3 is 4.90 Å². The van der Waals surface area contributed by atoms with Crippen molar-refractivity contribution in [3.8, 4) is 22.3 Å². The minimum Gasteiger partial charge on any atom is -0.310 e. The van der Waals surface area contributed by atoms with E-state index in [1.807, 2.05) is 54.6 Å². The topological polar surface area (TPSA) is 51.5 Å². The molecule has 8 rings (SSSR count). The fourth-order valence-corrected chi connectivity index (χ4v) is 7.64. The SMILES string of the molecule is C=C/C(=C\c1ccc2c(c1C)C(=N)/C(=N\Nc1ccccc1)C=C2)N(c1ccc(-c2ccccc2)cc1)c1cccc2c1-c1ccccc1C2(C)C. The Kier molecular flexibility index (Phi) is 8.36. The van der Waals surface area contributed by atoms with Crippen LogP contribution in [0.2, 0.25) is 0 Å². The molecule has 0 spiro atoms. The minimum absolute atomic E-state index is 0.138. The molecule has 2 N–H and O–H groups in total. The molecule has 2 aliphatic rings. The number of anilines is 3. The van der Waals surface area contributed by atoms with Crippen molar-refractivity contribution in [2.24, 2.45) is 5.10 Å². The van der Waals surface area contributed by atoms with Gasteiger partial charge in [0.25, 0.3) is 0 Å². The first-order valence-electron chi connectivity index (χ1n) is 17.7. The summed E-state index contributed by atoms with van der Waals surface area (Å²) in [5, 5.41) is 13.8. The van der Waals surface area contributed by atoms with Crippen molar-refractivity contribution in [3.05, 3.63) is 197 Å². The second-order valence-electron chi connectivity index (χ2n) is 13.8. The maximum Gasteiger partial charge on any atom is 0.109 e. The predicted octanol–water partition coefficient (Wildman–Crippen LogP) is 12.2. The summed E-state index contributed by atoms with van der Waals surface area (Å²) in [4.78, 5) is 2.33. The fraction of sp³-hybridized carbons (Fsp3) is 0.0833. The van der Waals surface area contributed by atoms with Gasteiger partial charge in [-0.2, -0.15) is 5.10 Å². The van der Waals surface area contributed by atoms with E-state index >= 15 is 0 Å². The van der Waals surface area contributed by atoms with E-state index in [1.165, 1.54) is 27.8 Å². The van der Waals surface area contributed by atoms with Crippen LogP contribution in [-0.2, 0) is 5.41 Å². The first kappa shape index (κ1) is 32.7. The van der Waals surface area contributed by atoms with Gasteiger partial charge in [0.05, 0.1) is 17.1 Å². The number of nitrogens with zero attached hydrogens (tertiary/aromatic N) is 2. The second-order valence-corrected chi connectivity index (χ2v) is 13.8. The van der Waals surface area contributed by atoms with Crippen LogP contribution in [0.5, 0.6) is 0 Å².